The molecule has 0 heterocycles. The van der Waals surface area contributed by atoms with Crippen LogP contribution in [0, 0.1) is 0 Å². The molecule has 162 valence electrons. The van der Waals surface area contributed by atoms with Crippen LogP contribution >= 0.6 is 0 Å². The molecule has 0 aromatic rings. The fourth-order valence-corrected chi connectivity index (χ4v) is 3.15. The smallest absolute Gasteiger partial charge is 1.00 e. The second kappa shape index (κ2) is 17.9. The maximum absolute atomic E-state index is 11.6. The van der Waals surface area contributed by atoms with E-state index < -0.39 is 21.0 Å². The van der Waals surface area contributed by atoms with E-state index in [1.165, 1.54) is 58.8 Å². The Bertz CT molecular complexity index is 519. The molecule has 0 aliphatic carbocycles. The number of carbonyl (C=O) groups is 1. The molecule has 0 unspecified atom stereocenters. The third-order valence-electron chi connectivity index (χ3n) is 4.49. The molecule has 0 radical (unpaired) electrons. The molecular weight excluding hydrogens is 385 g/mol. The number of hydrogen-bond acceptors (Lipinski definition) is 5. The normalized spacial score (nSPS) is 12.1. The van der Waals surface area contributed by atoms with Gasteiger partial charge >= 0.3 is 45.6 Å². The molecule has 0 fully saturated rings. The zero-order valence-electron chi connectivity index (χ0n) is 19.7. The molecule has 0 spiro atoms. The van der Waals surface area contributed by atoms with Crippen molar-refractivity contribution in [2.75, 3.05) is 0 Å². The van der Waals surface area contributed by atoms with Crippen LogP contribution in [0.1, 0.15) is 112 Å². The van der Waals surface area contributed by atoms with Crippen LogP contribution in [-0.2, 0) is 19.1 Å². The van der Waals surface area contributed by atoms with Gasteiger partial charge in [-0.25, -0.2) is 0 Å². The van der Waals surface area contributed by atoms with Crippen molar-refractivity contribution in [2.45, 2.75) is 116 Å². The summed E-state index contributed by atoms with van der Waals surface area (Å²) in [5.74, 6) is -0.717. The number of hydrogen-bond donors (Lipinski definition) is 1. The third-order valence-corrected chi connectivity index (χ3v) is 6.18. The number of rotatable bonds is 17. The molecule has 0 aliphatic rings. The Labute approximate surface area is 197 Å². The second-order valence-electron chi connectivity index (χ2n) is 7.85. The summed E-state index contributed by atoms with van der Waals surface area (Å²) in [5.41, 5.74) is 5.48. The van der Waals surface area contributed by atoms with Gasteiger partial charge in [-0.2, -0.15) is 8.42 Å². The van der Waals surface area contributed by atoms with Crippen molar-refractivity contribution in [3.05, 3.63) is 12.2 Å². The average molecular weight is 428 g/mol. The molecule has 0 saturated heterocycles. The Kier molecular flexibility index (Phi) is 19.4. The van der Waals surface area contributed by atoms with Crippen LogP contribution in [-0.4, -0.2) is 19.3 Å². The zero-order valence-corrected chi connectivity index (χ0v) is 21.5. The minimum absolute atomic E-state index is 0. The van der Waals surface area contributed by atoms with Crippen LogP contribution in [0.4, 0.5) is 0 Å². The first-order valence-electron chi connectivity index (χ1n) is 10.6. The van der Waals surface area contributed by atoms with E-state index in [0.717, 1.165) is 32.1 Å². The van der Waals surface area contributed by atoms with E-state index in [9.17, 15) is 13.2 Å². The Morgan fingerprint density at radius 2 is 1.32 bits per heavy atom. The number of carbonyl (C=O) groups excluding carboxylic acids is 1. The summed E-state index contributed by atoms with van der Waals surface area (Å²) in [4.78, 5) is 10.0. The Morgan fingerprint density at radius 3 is 1.79 bits per heavy atom. The minimum atomic E-state index is -4.05. The van der Waals surface area contributed by atoms with E-state index >= 15 is 0 Å². The molecule has 0 aromatic carbocycles. The second-order valence-corrected chi connectivity index (χ2v) is 9.97. The molecule has 0 rings (SSSR count). The molecular formula is C21H42NNaO4S. The number of allylic oxidation sites excluding steroid dienone is 2. The molecule has 5 nitrogen and oxygen atoms in total. The van der Waals surface area contributed by atoms with Crippen molar-refractivity contribution in [3.8, 4) is 0 Å². The molecule has 0 aliphatic heterocycles. The molecule has 0 aromatic heterocycles. The van der Waals surface area contributed by atoms with Gasteiger partial charge in [0.05, 0.1) is 0 Å². The average Bonchev–Trinajstić information content (AvgIpc) is 2.57. The van der Waals surface area contributed by atoms with E-state index in [4.69, 9.17) is 5.73 Å². The van der Waals surface area contributed by atoms with Gasteiger partial charge in [0.15, 0.2) is 0 Å². The van der Waals surface area contributed by atoms with Crippen LogP contribution < -0.4 is 35.3 Å². The Hall–Kier alpha value is 0.120. The first-order chi connectivity index (χ1) is 12.7. The fourth-order valence-electron chi connectivity index (χ4n) is 2.61. The van der Waals surface area contributed by atoms with E-state index in [2.05, 4.69) is 23.3 Å². The third kappa shape index (κ3) is 17.0. The van der Waals surface area contributed by atoms with Crippen LogP contribution in [0.25, 0.3) is 0 Å². The van der Waals surface area contributed by atoms with E-state index in [0.29, 0.717) is 6.42 Å². The predicted molar refractivity (Wildman–Crippen MR) is 114 cm³/mol. The van der Waals surface area contributed by atoms with Crippen molar-refractivity contribution >= 4 is 16.1 Å². The van der Waals surface area contributed by atoms with Gasteiger partial charge in [-0.15, -0.1) is 0 Å². The van der Waals surface area contributed by atoms with E-state index in [1.807, 2.05) is 0 Å². The zero-order chi connectivity index (χ0) is 20.6. The first kappa shape index (κ1) is 30.3. The van der Waals surface area contributed by atoms with Crippen LogP contribution in [0.5, 0.6) is 0 Å². The first-order valence-corrected chi connectivity index (χ1v) is 12.0. The summed E-state index contributed by atoms with van der Waals surface area (Å²) in [5, 5.41) is 0. The van der Waals surface area contributed by atoms with E-state index in [-0.39, 0.29) is 37.4 Å². The fraction of sp³-hybridized carbons (Fsp3) is 0.857. The van der Waals surface area contributed by atoms with Gasteiger partial charge in [0.1, 0.15) is 4.87 Å². The van der Waals surface area contributed by atoms with Gasteiger partial charge in [0, 0.05) is 6.42 Å². The van der Waals surface area contributed by atoms with E-state index in [1.54, 1.807) is 0 Å². The van der Waals surface area contributed by atoms with Gasteiger partial charge in [-0.1, -0.05) is 70.4 Å². The molecule has 7 heteroatoms. The summed E-state index contributed by atoms with van der Waals surface area (Å²) in [6, 6.07) is 0. The SMILES string of the molecule is CCCCCCCC/C=C\CCCCCCCC(=O)OS(=O)(=O)C(C)(C)N.[H-].[Na+]. The summed E-state index contributed by atoms with van der Waals surface area (Å²) in [6.07, 6.45) is 19.9. The van der Waals surface area contributed by atoms with Crippen LogP contribution in [0.2, 0.25) is 0 Å². The summed E-state index contributed by atoms with van der Waals surface area (Å²) >= 11 is 0. The monoisotopic (exact) mass is 427 g/mol. The maximum atomic E-state index is 11.6. The molecule has 2 N–H and O–H groups in total. The van der Waals surface area contributed by atoms with Crippen molar-refractivity contribution in [2.24, 2.45) is 5.73 Å². The molecule has 28 heavy (non-hydrogen) atoms. The summed E-state index contributed by atoms with van der Waals surface area (Å²) in [6.45, 7) is 4.85. The topological polar surface area (TPSA) is 86.5 Å². The summed E-state index contributed by atoms with van der Waals surface area (Å²) in [7, 11) is -4.05. The number of nitrogens with two attached hydrogens (primary N) is 1. The van der Waals surface area contributed by atoms with Gasteiger partial charge in [-0.05, 0) is 46.0 Å². The largest absolute Gasteiger partial charge is 1.00 e. The van der Waals surface area contributed by atoms with Gasteiger partial charge in [-0.3, -0.25) is 4.79 Å². The standard InChI is InChI=1S/C21H41NO4S.Na.H/c1-4-5-6-7-8-9-10-11-12-13-14-15-16-17-18-19-20(23)26-27(24,25)21(2,3)22;;/h11-12H,4-10,13-19,22H2,1-3H3;;/q;+1;-1/b12-11-;;. The van der Waals surface area contributed by atoms with Crippen molar-refractivity contribution in [3.63, 3.8) is 0 Å². The quantitative estimate of drug-likeness (QED) is 0.167. The van der Waals surface area contributed by atoms with Crippen LogP contribution in [0.15, 0.2) is 12.2 Å². The van der Waals surface area contributed by atoms with Gasteiger partial charge < -0.3 is 11.3 Å². The molecule has 0 bridgehead atoms. The van der Waals surface area contributed by atoms with Crippen LogP contribution in [0.3, 0.4) is 0 Å². The van der Waals surface area contributed by atoms with Crippen molar-refractivity contribution in [1.29, 1.82) is 0 Å². The Balaban J connectivity index is -0.00000338. The maximum Gasteiger partial charge on any atom is 1.00 e. The number of unbranched alkanes of at least 4 members (excludes halogenated alkanes) is 11. The minimum Gasteiger partial charge on any atom is -1.00 e. The molecule has 0 saturated carbocycles. The van der Waals surface area contributed by atoms with Crippen molar-refractivity contribution in [1.82, 2.24) is 0 Å². The predicted octanol–water partition coefficient (Wildman–Crippen LogP) is 2.71. The molecule has 0 amide bonds. The van der Waals surface area contributed by atoms with Crippen molar-refractivity contribution < 1.29 is 48.4 Å². The molecule has 0 atom stereocenters. The Morgan fingerprint density at radius 1 is 0.893 bits per heavy atom. The van der Waals surface area contributed by atoms with Gasteiger partial charge in [0.25, 0.3) is 0 Å². The summed E-state index contributed by atoms with van der Waals surface area (Å²) < 4.78 is 27.8. The van der Waals surface area contributed by atoms with Gasteiger partial charge in [0.2, 0.25) is 0 Å².